The largest absolute Gasteiger partial charge is 0.507 e. The lowest BCUT2D eigenvalue weighted by atomic mass is 9.92. The molecule has 0 radical (unpaired) electrons. The molecule has 0 spiro atoms. The van der Waals surface area contributed by atoms with E-state index in [0.29, 0.717) is 16.9 Å². The van der Waals surface area contributed by atoms with Crippen LogP contribution in [0.3, 0.4) is 0 Å². The third kappa shape index (κ3) is 3.75. The average molecular weight is 467 g/mol. The minimum absolute atomic E-state index is 0.0456. The molecule has 2 heterocycles. The zero-order valence-electron chi connectivity index (χ0n) is 19.1. The van der Waals surface area contributed by atoms with E-state index in [1.165, 1.54) is 18.4 Å². The fourth-order valence-electron chi connectivity index (χ4n) is 4.18. The lowest BCUT2D eigenvalue weighted by Gasteiger charge is -2.24. The van der Waals surface area contributed by atoms with Gasteiger partial charge in [0.1, 0.15) is 23.3 Å². The van der Waals surface area contributed by atoms with E-state index in [-0.39, 0.29) is 22.9 Å². The second kappa shape index (κ2) is 8.78. The maximum atomic E-state index is 14.0. The number of rotatable bonds is 5. The van der Waals surface area contributed by atoms with Crippen LogP contribution < -0.4 is 9.64 Å². The van der Waals surface area contributed by atoms with Crippen LogP contribution in [0.15, 0.2) is 58.7 Å². The van der Waals surface area contributed by atoms with Gasteiger partial charge >= 0.3 is 0 Å². The summed E-state index contributed by atoms with van der Waals surface area (Å²) in [5, 5.41) is 11.4. The number of furan rings is 1. The summed E-state index contributed by atoms with van der Waals surface area (Å²) in [6, 6.07) is 8.28. The van der Waals surface area contributed by atoms with E-state index in [9.17, 15) is 23.5 Å². The van der Waals surface area contributed by atoms with E-state index in [4.69, 9.17) is 9.15 Å². The minimum atomic E-state index is -1.18. The summed E-state index contributed by atoms with van der Waals surface area (Å²) >= 11 is 0. The van der Waals surface area contributed by atoms with Crippen molar-refractivity contribution in [2.75, 3.05) is 12.0 Å². The summed E-state index contributed by atoms with van der Waals surface area (Å²) in [4.78, 5) is 27.2. The van der Waals surface area contributed by atoms with Crippen molar-refractivity contribution < 1.29 is 32.6 Å². The van der Waals surface area contributed by atoms with Crippen molar-refractivity contribution in [2.45, 2.75) is 32.7 Å². The number of aryl methyl sites for hydroxylation is 1. The van der Waals surface area contributed by atoms with Gasteiger partial charge in [-0.2, -0.15) is 0 Å². The fourth-order valence-corrected chi connectivity index (χ4v) is 4.18. The number of nitrogens with zero attached hydrogens (tertiary/aromatic N) is 1. The molecule has 1 amide bonds. The first kappa shape index (κ1) is 23.2. The quantitative estimate of drug-likeness (QED) is 0.299. The molecular weight excluding hydrogens is 444 g/mol. The predicted octanol–water partition coefficient (Wildman–Crippen LogP) is 5.62. The van der Waals surface area contributed by atoms with Gasteiger partial charge in [0.25, 0.3) is 11.7 Å². The zero-order chi connectivity index (χ0) is 24.7. The van der Waals surface area contributed by atoms with Crippen LogP contribution in [0, 0.1) is 18.6 Å². The van der Waals surface area contributed by atoms with Gasteiger partial charge in [-0.05, 0) is 60.4 Å². The highest BCUT2D eigenvalue weighted by molar-refractivity contribution is 6.51. The molecule has 0 bridgehead atoms. The van der Waals surface area contributed by atoms with Crippen molar-refractivity contribution in [2.24, 2.45) is 0 Å². The molecule has 1 aliphatic rings. The molecule has 1 saturated heterocycles. The molecule has 3 aromatic rings. The van der Waals surface area contributed by atoms with Crippen molar-refractivity contribution in [3.05, 3.63) is 88.4 Å². The number of Topliss-reactive ketones (excluding diaryl/α,β-unsaturated/α-hetero) is 1. The maximum Gasteiger partial charge on any atom is 0.300 e. The van der Waals surface area contributed by atoms with Gasteiger partial charge in [0, 0.05) is 17.3 Å². The number of anilines is 1. The van der Waals surface area contributed by atoms with Crippen LogP contribution in [0.4, 0.5) is 14.5 Å². The van der Waals surface area contributed by atoms with Crippen molar-refractivity contribution in [1.82, 2.24) is 0 Å². The number of ketones is 1. The van der Waals surface area contributed by atoms with Crippen molar-refractivity contribution in [3.63, 3.8) is 0 Å². The van der Waals surface area contributed by atoms with Crippen LogP contribution in [-0.4, -0.2) is 23.9 Å². The average Bonchev–Trinajstić information content (AvgIpc) is 3.42. The number of aliphatic hydroxyl groups is 1. The van der Waals surface area contributed by atoms with Crippen LogP contribution in [-0.2, 0) is 9.59 Å². The Bertz CT molecular complexity index is 1310. The summed E-state index contributed by atoms with van der Waals surface area (Å²) in [5.41, 5.74) is 1.52. The first-order chi connectivity index (χ1) is 16.1. The van der Waals surface area contributed by atoms with E-state index in [1.54, 1.807) is 32.2 Å². The van der Waals surface area contributed by atoms with Gasteiger partial charge < -0.3 is 14.3 Å². The smallest absolute Gasteiger partial charge is 0.300 e. The molecule has 6 nitrogen and oxygen atoms in total. The van der Waals surface area contributed by atoms with Crippen molar-refractivity contribution in [3.8, 4) is 5.75 Å². The summed E-state index contributed by atoms with van der Waals surface area (Å²) in [6.45, 7) is 5.67. The van der Waals surface area contributed by atoms with E-state index in [1.807, 2.05) is 13.8 Å². The Morgan fingerprint density at radius 3 is 2.44 bits per heavy atom. The van der Waals surface area contributed by atoms with Crippen LogP contribution in [0.1, 0.15) is 48.3 Å². The second-order valence-corrected chi connectivity index (χ2v) is 8.35. The Labute approximate surface area is 195 Å². The number of halogens is 2. The Balaban J connectivity index is 1.96. The predicted molar refractivity (Wildman–Crippen MR) is 122 cm³/mol. The number of hydrogen-bond donors (Lipinski definition) is 1. The molecule has 1 aliphatic heterocycles. The van der Waals surface area contributed by atoms with Crippen LogP contribution in [0.2, 0.25) is 0 Å². The van der Waals surface area contributed by atoms with Crippen LogP contribution >= 0.6 is 0 Å². The number of methoxy groups -OCH3 is 1. The van der Waals surface area contributed by atoms with E-state index < -0.39 is 35.1 Å². The SMILES string of the molecule is COc1cc(C)c(/C(O)=C2\C(=O)C(=O)N(c3ccc(F)c(F)c3)C2c2ccco2)cc1C(C)C. The number of hydrogen-bond acceptors (Lipinski definition) is 5. The lowest BCUT2D eigenvalue weighted by molar-refractivity contribution is -0.132. The van der Waals surface area contributed by atoms with Gasteiger partial charge in [-0.1, -0.05) is 13.8 Å². The first-order valence-corrected chi connectivity index (χ1v) is 10.6. The maximum absolute atomic E-state index is 14.0. The summed E-state index contributed by atoms with van der Waals surface area (Å²) < 4.78 is 38.5. The molecule has 1 atom stereocenters. The van der Waals surface area contributed by atoms with Crippen LogP contribution in [0.25, 0.3) is 5.76 Å². The molecule has 8 heteroatoms. The highest BCUT2D eigenvalue weighted by Crippen LogP contribution is 2.43. The molecule has 2 aromatic carbocycles. The van der Waals surface area contributed by atoms with Crippen molar-refractivity contribution >= 4 is 23.1 Å². The molecule has 176 valence electrons. The molecule has 0 saturated carbocycles. The third-order valence-corrected chi connectivity index (χ3v) is 5.89. The zero-order valence-corrected chi connectivity index (χ0v) is 19.1. The Morgan fingerprint density at radius 2 is 1.85 bits per heavy atom. The molecular formula is C26H23F2NO5. The number of aliphatic hydroxyl groups excluding tert-OH is 1. The first-order valence-electron chi connectivity index (χ1n) is 10.6. The Kier molecular flexibility index (Phi) is 6.00. The highest BCUT2D eigenvalue weighted by atomic mass is 19.2. The number of benzene rings is 2. The number of ether oxygens (including phenoxy) is 1. The molecule has 1 N–H and O–H groups in total. The van der Waals surface area contributed by atoms with Gasteiger partial charge in [0.15, 0.2) is 11.6 Å². The third-order valence-electron chi connectivity index (χ3n) is 5.89. The number of carbonyl (C=O) groups excluding carboxylic acids is 2. The van der Waals surface area contributed by atoms with Gasteiger partial charge in [-0.15, -0.1) is 0 Å². The lowest BCUT2D eigenvalue weighted by Crippen LogP contribution is -2.29. The van der Waals surface area contributed by atoms with Gasteiger partial charge in [0.05, 0.1) is 18.9 Å². The molecule has 1 aromatic heterocycles. The summed E-state index contributed by atoms with van der Waals surface area (Å²) in [5.74, 6) is -3.77. The summed E-state index contributed by atoms with van der Waals surface area (Å²) in [6.07, 6.45) is 1.36. The van der Waals surface area contributed by atoms with Crippen molar-refractivity contribution in [1.29, 1.82) is 0 Å². The normalized spacial score (nSPS) is 17.6. The van der Waals surface area contributed by atoms with Gasteiger partial charge in [-0.25, -0.2) is 8.78 Å². The molecule has 0 aliphatic carbocycles. The summed E-state index contributed by atoms with van der Waals surface area (Å²) in [7, 11) is 1.55. The Hall–Kier alpha value is -3.94. The second-order valence-electron chi connectivity index (χ2n) is 8.35. The Morgan fingerprint density at radius 1 is 1.12 bits per heavy atom. The monoisotopic (exact) mass is 467 g/mol. The van der Waals surface area contributed by atoms with Gasteiger partial charge in [-0.3, -0.25) is 14.5 Å². The van der Waals surface area contributed by atoms with E-state index in [0.717, 1.165) is 22.6 Å². The molecule has 4 rings (SSSR count). The van der Waals surface area contributed by atoms with E-state index in [2.05, 4.69) is 0 Å². The fraction of sp³-hybridized carbons (Fsp3) is 0.231. The highest BCUT2D eigenvalue weighted by Gasteiger charge is 2.48. The minimum Gasteiger partial charge on any atom is -0.507 e. The molecule has 34 heavy (non-hydrogen) atoms. The van der Waals surface area contributed by atoms with E-state index >= 15 is 0 Å². The topological polar surface area (TPSA) is 80.0 Å². The van der Waals surface area contributed by atoms with Crippen LogP contribution in [0.5, 0.6) is 5.75 Å². The number of carbonyl (C=O) groups is 2. The number of amides is 1. The molecule has 1 unspecified atom stereocenters. The van der Waals surface area contributed by atoms with Gasteiger partial charge in [0.2, 0.25) is 0 Å². The standard InChI is InChI=1S/C26H23F2NO5/c1-13(2)16-12-17(14(3)10-21(16)33-4)24(30)22-23(20-6-5-9-34-20)29(26(32)25(22)31)15-7-8-18(27)19(28)11-15/h5-13,23,30H,1-4H3/b24-22+. The molecule has 1 fully saturated rings.